The molecule has 2 aromatic rings. The zero-order valence-electron chi connectivity index (χ0n) is 26.3. The molecule has 5 rings (SSSR count). The zero-order valence-corrected chi connectivity index (χ0v) is 26.3. The number of unbranched alkanes of at least 4 members (excludes halogenated alkanes) is 2. The zero-order chi connectivity index (χ0) is 29.6. The topological polar surface area (TPSA) is 68.5 Å². The van der Waals surface area contributed by atoms with Crippen LogP contribution in [-0.2, 0) is 9.47 Å². The van der Waals surface area contributed by atoms with Crippen molar-refractivity contribution in [1.82, 2.24) is 0 Å². The Morgan fingerprint density at radius 3 is 1.33 bits per heavy atom. The van der Waals surface area contributed by atoms with Gasteiger partial charge in [0.2, 0.25) is 0 Å². The molecular formula is C34H50N2O6. The van der Waals surface area contributed by atoms with Gasteiger partial charge in [0, 0.05) is 36.3 Å². The number of hydrogen-bond donors (Lipinski definition) is 0. The van der Waals surface area contributed by atoms with Crippen molar-refractivity contribution in [3.63, 3.8) is 0 Å². The van der Waals surface area contributed by atoms with Gasteiger partial charge in [-0.2, -0.15) is 0 Å². The average Bonchev–Trinajstić information content (AvgIpc) is 3.92. The van der Waals surface area contributed by atoms with E-state index in [0.29, 0.717) is 26.4 Å². The molecular weight excluding hydrogens is 532 g/mol. The summed E-state index contributed by atoms with van der Waals surface area (Å²) in [6.07, 6.45) is 4.64. The number of benzene rings is 2. The highest BCUT2D eigenvalue weighted by atomic mass is 16.6. The van der Waals surface area contributed by atoms with E-state index >= 15 is 0 Å². The Morgan fingerprint density at radius 1 is 0.619 bits per heavy atom. The lowest BCUT2D eigenvalue weighted by Crippen LogP contribution is -2.66. The van der Waals surface area contributed by atoms with Gasteiger partial charge in [-0.05, 0) is 64.8 Å². The van der Waals surface area contributed by atoms with E-state index in [1.54, 1.807) is 0 Å². The summed E-state index contributed by atoms with van der Waals surface area (Å²) in [5.74, 6) is 3.42. The SMILES string of the molecule is CCCCOc1cc(OCC2CO2)ccc1N1C(C)C(C)N(c2ccc(OCC3CO3)cc2OCCCC)C(C)C1C. The summed E-state index contributed by atoms with van der Waals surface area (Å²) in [5.41, 5.74) is 2.23. The second-order valence-electron chi connectivity index (χ2n) is 12.0. The van der Waals surface area contributed by atoms with Gasteiger partial charge in [0.15, 0.2) is 0 Å². The monoisotopic (exact) mass is 582 g/mol. The van der Waals surface area contributed by atoms with Crippen molar-refractivity contribution >= 4 is 11.4 Å². The van der Waals surface area contributed by atoms with E-state index in [9.17, 15) is 0 Å². The molecule has 42 heavy (non-hydrogen) atoms. The maximum atomic E-state index is 6.39. The molecule has 0 spiro atoms. The van der Waals surface area contributed by atoms with Crippen molar-refractivity contribution in [3.05, 3.63) is 36.4 Å². The third-order valence-corrected chi connectivity index (χ3v) is 8.76. The predicted octanol–water partition coefficient (Wildman–Crippen LogP) is 6.48. The van der Waals surface area contributed by atoms with Gasteiger partial charge in [0.05, 0.1) is 37.8 Å². The minimum Gasteiger partial charge on any atom is -0.491 e. The third kappa shape index (κ3) is 7.38. The van der Waals surface area contributed by atoms with E-state index in [1.807, 2.05) is 0 Å². The van der Waals surface area contributed by atoms with Gasteiger partial charge in [0.25, 0.3) is 0 Å². The fourth-order valence-corrected chi connectivity index (χ4v) is 5.74. The molecule has 0 radical (unpaired) electrons. The van der Waals surface area contributed by atoms with Gasteiger partial charge in [0.1, 0.15) is 48.4 Å². The summed E-state index contributed by atoms with van der Waals surface area (Å²) in [5, 5.41) is 0. The molecule has 3 aliphatic rings. The normalized spacial score (nSPS) is 26.6. The minimum absolute atomic E-state index is 0.211. The predicted molar refractivity (Wildman–Crippen MR) is 167 cm³/mol. The third-order valence-electron chi connectivity index (χ3n) is 8.76. The summed E-state index contributed by atoms with van der Waals surface area (Å²) in [6.45, 7) is 17.7. The van der Waals surface area contributed by atoms with Crippen LogP contribution in [0.25, 0.3) is 0 Å². The average molecular weight is 583 g/mol. The molecule has 8 nitrogen and oxygen atoms in total. The van der Waals surface area contributed by atoms with E-state index in [-0.39, 0.29) is 36.4 Å². The molecule has 0 bridgehead atoms. The van der Waals surface area contributed by atoms with Crippen molar-refractivity contribution in [1.29, 1.82) is 0 Å². The lowest BCUT2D eigenvalue weighted by atomic mass is 9.92. The van der Waals surface area contributed by atoms with E-state index in [4.69, 9.17) is 28.4 Å². The van der Waals surface area contributed by atoms with Crippen LogP contribution in [0.4, 0.5) is 11.4 Å². The van der Waals surface area contributed by atoms with Gasteiger partial charge in [-0.15, -0.1) is 0 Å². The smallest absolute Gasteiger partial charge is 0.146 e. The van der Waals surface area contributed by atoms with Crippen molar-refractivity contribution in [2.75, 3.05) is 49.4 Å². The Balaban J connectivity index is 1.40. The van der Waals surface area contributed by atoms with Crippen LogP contribution in [0.15, 0.2) is 36.4 Å². The van der Waals surface area contributed by atoms with Crippen molar-refractivity contribution in [2.45, 2.75) is 104 Å². The maximum absolute atomic E-state index is 6.39. The molecule has 2 aromatic carbocycles. The number of piperazine rings is 1. The van der Waals surface area contributed by atoms with Gasteiger partial charge < -0.3 is 38.2 Å². The molecule has 6 atom stereocenters. The Morgan fingerprint density at radius 2 is 1.00 bits per heavy atom. The highest BCUT2D eigenvalue weighted by Gasteiger charge is 2.42. The maximum Gasteiger partial charge on any atom is 0.146 e. The van der Waals surface area contributed by atoms with Crippen LogP contribution >= 0.6 is 0 Å². The second kappa shape index (κ2) is 14.1. The summed E-state index contributed by atoms with van der Waals surface area (Å²) in [6, 6.07) is 13.4. The first-order chi connectivity index (χ1) is 20.4. The molecule has 0 amide bonds. The summed E-state index contributed by atoms with van der Waals surface area (Å²) < 4.78 is 35.5. The first kappa shape index (κ1) is 30.6. The van der Waals surface area contributed by atoms with Crippen LogP contribution in [0, 0.1) is 0 Å². The Hall–Kier alpha value is -2.84. The summed E-state index contributed by atoms with van der Waals surface area (Å²) >= 11 is 0. The molecule has 232 valence electrons. The lowest BCUT2D eigenvalue weighted by Gasteiger charge is -2.55. The molecule has 3 aliphatic heterocycles. The van der Waals surface area contributed by atoms with Crippen molar-refractivity contribution in [2.24, 2.45) is 0 Å². The largest absolute Gasteiger partial charge is 0.491 e. The van der Waals surface area contributed by atoms with Crippen LogP contribution in [0.3, 0.4) is 0 Å². The highest BCUT2D eigenvalue weighted by Crippen LogP contribution is 2.43. The molecule has 0 aliphatic carbocycles. The van der Waals surface area contributed by atoms with E-state index in [1.165, 1.54) is 0 Å². The molecule has 8 heteroatoms. The molecule has 0 saturated carbocycles. The van der Waals surface area contributed by atoms with Crippen molar-refractivity contribution < 1.29 is 28.4 Å². The Kier molecular flexibility index (Phi) is 10.3. The van der Waals surface area contributed by atoms with Gasteiger partial charge in [-0.25, -0.2) is 0 Å². The van der Waals surface area contributed by atoms with E-state index in [2.05, 4.69) is 87.7 Å². The second-order valence-corrected chi connectivity index (χ2v) is 12.0. The number of epoxide rings is 2. The van der Waals surface area contributed by atoms with Crippen LogP contribution in [-0.4, -0.2) is 76.0 Å². The summed E-state index contributed by atoms with van der Waals surface area (Å²) in [7, 11) is 0. The van der Waals surface area contributed by atoms with Crippen LogP contribution in [0.5, 0.6) is 23.0 Å². The summed E-state index contributed by atoms with van der Waals surface area (Å²) in [4.78, 5) is 5.07. The van der Waals surface area contributed by atoms with E-state index < -0.39 is 0 Å². The number of hydrogen-bond acceptors (Lipinski definition) is 8. The first-order valence-electron chi connectivity index (χ1n) is 16.0. The quantitative estimate of drug-likeness (QED) is 0.165. The fourth-order valence-electron chi connectivity index (χ4n) is 5.74. The molecule has 6 unspecified atom stereocenters. The number of nitrogens with zero attached hydrogens (tertiary/aromatic N) is 2. The van der Waals surface area contributed by atoms with Crippen molar-refractivity contribution in [3.8, 4) is 23.0 Å². The molecule has 3 fully saturated rings. The Bertz CT molecular complexity index is 1050. The Labute approximate surface area is 252 Å². The number of anilines is 2. The highest BCUT2D eigenvalue weighted by molar-refractivity contribution is 5.67. The van der Waals surface area contributed by atoms with Gasteiger partial charge in [-0.3, -0.25) is 0 Å². The minimum atomic E-state index is 0.211. The number of rotatable bonds is 16. The number of ether oxygens (including phenoxy) is 6. The standard InChI is InChI=1S/C34H50N2O6/c1-7-9-15-37-33-17-27(39-19-29-21-41-29)11-13-31(33)35-23(3)25(5)36(26(6)24(35)4)32-14-12-28(40-20-30-22-42-30)18-34(32)38-16-10-8-2/h11-14,17-18,23-26,29-30H,7-10,15-16,19-22H2,1-6H3. The van der Waals surface area contributed by atoms with Crippen LogP contribution in [0.2, 0.25) is 0 Å². The lowest BCUT2D eigenvalue weighted by molar-refractivity contribution is 0.259. The molecule has 3 saturated heterocycles. The van der Waals surface area contributed by atoms with Gasteiger partial charge >= 0.3 is 0 Å². The molecule has 0 aromatic heterocycles. The van der Waals surface area contributed by atoms with Gasteiger partial charge in [-0.1, -0.05) is 26.7 Å². The van der Waals surface area contributed by atoms with Crippen LogP contribution < -0.4 is 28.7 Å². The molecule has 0 N–H and O–H groups in total. The first-order valence-corrected chi connectivity index (χ1v) is 16.0. The fraction of sp³-hybridized carbons (Fsp3) is 0.647. The van der Waals surface area contributed by atoms with E-state index in [0.717, 1.165) is 73.3 Å². The molecule has 3 heterocycles. The van der Waals surface area contributed by atoms with Crippen LogP contribution in [0.1, 0.15) is 67.2 Å².